The van der Waals surface area contributed by atoms with Crippen molar-refractivity contribution in [2.75, 3.05) is 6.61 Å². The second-order valence-electron chi connectivity index (χ2n) is 6.35. The lowest BCUT2D eigenvalue weighted by Crippen LogP contribution is -2.67. The van der Waals surface area contributed by atoms with Crippen LogP contribution in [0.5, 0.6) is 0 Å². The van der Waals surface area contributed by atoms with Crippen molar-refractivity contribution >= 4 is 5.91 Å². The lowest BCUT2D eigenvalue weighted by molar-refractivity contribution is -0.274. The lowest BCUT2D eigenvalue weighted by Gasteiger charge is -2.45. The van der Waals surface area contributed by atoms with E-state index in [1.807, 2.05) is 0 Å². The van der Waals surface area contributed by atoms with Gasteiger partial charge < -0.3 is 25.2 Å². The van der Waals surface area contributed by atoms with Gasteiger partial charge in [0.15, 0.2) is 6.23 Å². The number of hydrazine groups is 1. The number of hydrogen-bond acceptors (Lipinski definition) is 8. The summed E-state index contributed by atoms with van der Waals surface area (Å²) in [5.74, 6) is -0.434. The second kappa shape index (κ2) is 8.17. The van der Waals surface area contributed by atoms with Gasteiger partial charge in [-0.3, -0.25) is 15.2 Å². The zero-order chi connectivity index (χ0) is 18.7. The minimum atomic E-state index is -1.52. The van der Waals surface area contributed by atoms with Crippen molar-refractivity contribution in [1.82, 2.24) is 15.4 Å². The Morgan fingerprint density at radius 2 is 2.00 bits per heavy atom. The molecule has 0 aliphatic carbocycles. The number of carbonyl (C=O) groups is 1. The number of aliphatic hydroxyl groups is 4. The number of hydrogen-bond donors (Lipinski definition) is 5. The average molecular weight is 355 g/mol. The van der Waals surface area contributed by atoms with Gasteiger partial charge in [-0.1, -0.05) is 0 Å². The largest absolute Gasteiger partial charge is 0.394 e. The Morgan fingerprint density at radius 3 is 2.56 bits per heavy atom. The minimum Gasteiger partial charge on any atom is -0.394 e. The van der Waals surface area contributed by atoms with E-state index in [9.17, 15) is 25.2 Å². The van der Waals surface area contributed by atoms with Gasteiger partial charge in [-0.2, -0.15) is 5.01 Å². The highest BCUT2D eigenvalue weighted by atomic mass is 16.6. The molecule has 0 aromatic carbocycles. The molecule has 1 fully saturated rings. The maximum Gasteiger partial charge on any atom is 0.265 e. The lowest BCUT2D eigenvalue weighted by atomic mass is 9.98. The molecule has 0 saturated carbocycles. The van der Waals surface area contributed by atoms with Crippen molar-refractivity contribution in [3.8, 4) is 0 Å². The van der Waals surface area contributed by atoms with Crippen molar-refractivity contribution in [3.63, 3.8) is 0 Å². The summed E-state index contributed by atoms with van der Waals surface area (Å²) in [4.78, 5) is 16.5. The summed E-state index contributed by atoms with van der Waals surface area (Å²) in [5, 5.41) is 40.7. The number of aryl methyl sites for hydroxylation is 1. The standard InChI is InChI=1S/C16H25N3O6/c1-8(2)19(18-15(24)10-4-5-17-9(3)6-10)16-14(23)13(22)12(21)11(7-20)25-16/h4-6,8,11-14,16,20-23H,7H2,1-3H3,(H,18,24)/t11-,12-,13+,14-,16?/m1/s1. The molecule has 1 aliphatic rings. The Labute approximate surface area is 145 Å². The molecule has 9 nitrogen and oxygen atoms in total. The van der Waals surface area contributed by atoms with Crippen LogP contribution in [0.1, 0.15) is 29.9 Å². The number of nitrogens with zero attached hydrogens (tertiary/aromatic N) is 2. The molecule has 0 radical (unpaired) electrons. The summed E-state index contributed by atoms with van der Waals surface area (Å²) in [7, 11) is 0. The maximum absolute atomic E-state index is 12.5. The van der Waals surface area contributed by atoms with Crippen molar-refractivity contribution < 1.29 is 30.0 Å². The number of aliphatic hydroxyl groups excluding tert-OH is 4. The highest BCUT2D eigenvalue weighted by Crippen LogP contribution is 2.24. The smallest absolute Gasteiger partial charge is 0.265 e. The average Bonchev–Trinajstić information content (AvgIpc) is 2.58. The van der Waals surface area contributed by atoms with Gasteiger partial charge in [0, 0.05) is 23.5 Å². The Morgan fingerprint density at radius 1 is 1.32 bits per heavy atom. The van der Waals surface area contributed by atoms with Crippen LogP contribution in [0.3, 0.4) is 0 Å². The molecule has 1 unspecified atom stereocenters. The molecule has 0 bridgehead atoms. The highest BCUT2D eigenvalue weighted by molar-refractivity contribution is 5.93. The monoisotopic (exact) mass is 355 g/mol. The molecule has 1 aromatic rings. The van der Waals surface area contributed by atoms with Crippen LogP contribution in [-0.2, 0) is 4.74 Å². The molecule has 1 amide bonds. The van der Waals surface area contributed by atoms with Crippen LogP contribution in [0.15, 0.2) is 18.3 Å². The zero-order valence-corrected chi connectivity index (χ0v) is 14.4. The van der Waals surface area contributed by atoms with E-state index in [1.165, 1.54) is 11.2 Å². The second-order valence-corrected chi connectivity index (χ2v) is 6.35. The van der Waals surface area contributed by atoms with E-state index in [1.54, 1.807) is 32.9 Å². The number of amides is 1. The van der Waals surface area contributed by atoms with E-state index in [4.69, 9.17) is 4.74 Å². The first-order chi connectivity index (χ1) is 11.8. The van der Waals surface area contributed by atoms with Crippen LogP contribution in [-0.4, -0.2) is 79.6 Å². The zero-order valence-electron chi connectivity index (χ0n) is 14.4. The Balaban J connectivity index is 2.20. The van der Waals surface area contributed by atoms with Gasteiger partial charge >= 0.3 is 0 Å². The number of pyridine rings is 1. The molecule has 5 N–H and O–H groups in total. The Hall–Kier alpha value is -1.62. The van der Waals surface area contributed by atoms with Crippen molar-refractivity contribution in [2.45, 2.75) is 57.5 Å². The summed E-state index contributed by atoms with van der Waals surface area (Å²) >= 11 is 0. The molecule has 2 rings (SSSR count). The van der Waals surface area contributed by atoms with Gasteiger partial charge in [0.05, 0.1) is 6.61 Å². The van der Waals surface area contributed by atoms with Crippen LogP contribution in [0.2, 0.25) is 0 Å². The molecule has 1 saturated heterocycles. The predicted octanol–water partition coefficient (Wildman–Crippen LogP) is -1.45. The van der Waals surface area contributed by atoms with Crippen LogP contribution < -0.4 is 5.43 Å². The fourth-order valence-corrected chi connectivity index (χ4v) is 2.67. The third-order valence-electron chi connectivity index (χ3n) is 4.09. The first-order valence-corrected chi connectivity index (χ1v) is 8.08. The van der Waals surface area contributed by atoms with Crippen LogP contribution in [0.25, 0.3) is 0 Å². The number of carbonyl (C=O) groups excluding carboxylic acids is 1. The van der Waals surface area contributed by atoms with Crippen molar-refractivity contribution in [3.05, 3.63) is 29.6 Å². The molecule has 2 heterocycles. The maximum atomic E-state index is 12.5. The van der Waals surface area contributed by atoms with E-state index >= 15 is 0 Å². The Kier molecular flexibility index (Phi) is 6.44. The van der Waals surface area contributed by atoms with E-state index in [0.717, 1.165) is 0 Å². The Bertz CT molecular complexity index is 597. The number of nitrogens with one attached hydrogen (secondary N) is 1. The summed E-state index contributed by atoms with van der Waals surface area (Å²) in [6.07, 6.45) is -5.12. The fourth-order valence-electron chi connectivity index (χ4n) is 2.67. The van der Waals surface area contributed by atoms with E-state index in [0.29, 0.717) is 11.3 Å². The summed E-state index contributed by atoms with van der Waals surface area (Å²) in [6, 6.07) is 2.86. The third-order valence-corrected chi connectivity index (χ3v) is 4.09. The van der Waals surface area contributed by atoms with E-state index < -0.39 is 43.2 Å². The summed E-state index contributed by atoms with van der Waals surface area (Å²) < 4.78 is 5.50. The van der Waals surface area contributed by atoms with E-state index in [-0.39, 0.29) is 6.04 Å². The van der Waals surface area contributed by atoms with Crippen molar-refractivity contribution in [2.24, 2.45) is 0 Å². The van der Waals surface area contributed by atoms with Crippen LogP contribution >= 0.6 is 0 Å². The molecule has 9 heteroatoms. The highest BCUT2D eigenvalue weighted by Gasteiger charge is 2.46. The number of rotatable bonds is 5. The predicted molar refractivity (Wildman–Crippen MR) is 87.2 cm³/mol. The molecule has 1 aromatic heterocycles. The van der Waals surface area contributed by atoms with E-state index in [2.05, 4.69) is 10.4 Å². The molecular weight excluding hydrogens is 330 g/mol. The minimum absolute atomic E-state index is 0.298. The molecule has 25 heavy (non-hydrogen) atoms. The molecule has 140 valence electrons. The van der Waals surface area contributed by atoms with Gasteiger partial charge in [-0.25, -0.2) is 0 Å². The molecular formula is C16H25N3O6. The SMILES string of the molecule is Cc1cc(C(=O)NN(C(C)C)C2O[C@H](CO)[C@@H](O)[C@H](O)[C@H]2O)ccn1. The first kappa shape index (κ1) is 19.7. The summed E-state index contributed by atoms with van der Waals surface area (Å²) in [5.41, 5.74) is 3.70. The van der Waals surface area contributed by atoms with Gasteiger partial charge in [-0.05, 0) is 32.9 Å². The normalized spacial score (nSPS) is 29.9. The van der Waals surface area contributed by atoms with Crippen LogP contribution in [0, 0.1) is 6.92 Å². The quantitative estimate of drug-likeness (QED) is 0.405. The van der Waals surface area contributed by atoms with Gasteiger partial charge in [-0.15, -0.1) is 0 Å². The third kappa shape index (κ3) is 4.32. The van der Waals surface area contributed by atoms with Gasteiger partial charge in [0.1, 0.15) is 24.4 Å². The fraction of sp³-hybridized carbons (Fsp3) is 0.625. The van der Waals surface area contributed by atoms with Gasteiger partial charge in [0.25, 0.3) is 5.91 Å². The van der Waals surface area contributed by atoms with Gasteiger partial charge in [0.2, 0.25) is 0 Å². The number of ether oxygens (including phenoxy) is 1. The summed E-state index contributed by atoms with van der Waals surface area (Å²) in [6.45, 7) is 4.75. The van der Waals surface area contributed by atoms with Crippen molar-refractivity contribution in [1.29, 1.82) is 0 Å². The van der Waals surface area contributed by atoms with Crippen LogP contribution in [0.4, 0.5) is 0 Å². The molecule has 5 atom stereocenters. The molecule has 0 spiro atoms. The molecule has 1 aliphatic heterocycles. The first-order valence-electron chi connectivity index (χ1n) is 8.08. The number of aromatic nitrogens is 1. The topological polar surface area (TPSA) is 135 Å².